The highest BCUT2D eigenvalue weighted by atomic mass is 16.5. The molecule has 1 aromatic carbocycles. The molecule has 0 aliphatic rings. The molecule has 2 rings (SSSR count). The van der Waals surface area contributed by atoms with Gasteiger partial charge in [-0.1, -0.05) is 24.3 Å². The predicted molar refractivity (Wildman–Crippen MR) is 102 cm³/mol. The number of guanidine groups is 1. The van der Waals surface area contributed by atoms with Gasteiger partial charge in [0, 0.05) is 39.5 Å². The highest BCUT2D eigenvalue weighted by Gasteiger charge is 2.00. The quantitative estimate of drug-likeness (QED) is 0.383. The van der Waals surface area contributed by atoms with Crippen molar-refractivity contribution in [2.75, 3.05) is 40.5 Å². The fourth-order valence-electron chi connectivity index (χ4n) is 2.10. The number of rotatable bonds is 10. The van der Waals surface area contributed by atoms with Gasteiger partial charge in [0.15, 0.2) is 5.96 Å². The Hall–Kier alpha value is -2.80. The zero-order valence-electron chi connectivity index (χ0n) is 15.3. The molecular formula is C19H26N4O3. The second-order valence-corrected chi connectivity index (χ2v) is 5.36. The minimum absolute atomic E-state index is 0.440. The molecule has 0 spiro atoms. The van der Waals surface area contributed by atoms with Crippen LogP contribution in [0.5, 0.6) is 11.6 Å². The van der Waals surface area contributed by atoms with E-state index in [0.717, 1.165) is 17.3 Å². The molecule has 0 bridgehead atoms. The van der Waals surface area contributed by atoms with Crippen molar-refractivity contribution in [1.82, 2.24) is 15.6 Å². The van der Waals surface area contributed by atoms with Crippen LogP contribution in [0.3, 0.4) is 0 Å². The molecule has 0 saturated carbocycles. The van der Waals surface area contributed by atoms with E-state index in [1.807, 2.05) is 42.5 Å². The largest absolute Gasteiger partial charge is 0.490 e. The smallest absolute Gasteiger partial charge is 0.213 e. The molecule has 0 saturated heterocycles. The number of para-hydroxylation sites is 1. The summed E-state index contributed by atoms with van der Waals surface area (Å²) in [4.78, 5) is 8.45. The van der Waals surface area contributed by atoms with E-state index in [9.17, 15) is 0 Å². The lowest BCUT2D eigenvalue weighted by Crippen LogP contribution is -2.38. The minimum atomic E-state index is 0.440. The molecule has 140 valence electrons. The van der Waals surface area contributed by atoms with E-state index in [-0.39, 0.29) is 0 Å². The summed E-state index contributed by atoms with van der Waals surface area (Å²) in [5.74, 6) is 2.13. The van der Waals surface area contributed by atoms with Gasteiger partial charge in [0.1, 0.15) is 19.0 Å². The third-order valence-corrected chi connectivity index (χ3v) is 3.43. The maximum absolute atomic E-state index is 5.59. The van der Waals surface area contributed by atoms with Gasteiger partial charge in [0.05, 0.1) is 6.61 Å². The molecule has 0 fully saturated rings. The maximum Gasteiger partial charge on any atom is 0.213 e. The Labute approximate surface area is 154 Å². The standard InChI is InChI=1S/C19H26N4O3/c1-20-19(21-10-11-24-2)23-15-16-8-9-18(22-14-16)26-13-12-25-17-6-4-3-5-7-17/h3-9,14H,10-13,15H2,1-2H3,(H2,20,21,23). The first-order valence-electron chi connectivity index (χ1n) is 8.51. The number of pyridine rings is 1. The van der Waals surface area contributed by atoms with E-state index in [4.69, 9.17) is 14.2 Å². The summed E-state index contributed by atoms with van der Waals surface area (Å²) in [6, 6.07) is 13.5. The van der Waals surface area contributed by atoms with Crippen LogP contribution in [0.25, 0.3) is 0 Å². The molecule has 0 aliphatic carbocycles. The van der Waals surface area contributed by atoms with Gasteiger partial charge in [0.2, 0.25) is 5.88 Å². The van der Waals surface area contributed by atoms with Crippen molar-refractivity contribution < 1.29 is 14.2 Å². The summed E-state index contributed by atoms with van der Waals surface area (Å²) < 4.78 is 16.2. The van der Waals surface area contributed by atoms with Crippen LogP contribution in [0, 0.1) is 0 Å². The average Bonchev–Trinajstić information content (AvgIpc) is 2.70. The van der Waals surface area contributed by atoms with Gasteiger partial charge < -0.3 is 24.8 Å². The molecule has 1 heterocycles. The molecule has 0 radical (unpaired) electrons. The first-order chi connectivity index (χ1) is 12.8. The summed E-state index contributed by atoms with van der Waals surface area (Å²) in [6.45, 7) is 2.86. The van der Waals surface area contributed by atoms with Crippen molar-refractivity contribution >= 4 is 5.96 Å². The van der Waals surface area contributed by atoms with Crippen molar-refractivity contribution in [3.8, 4) is 11.6 Å². The lowest BCUT2D eigenvalue weighted by molar-refractivity contribution is 0.203. The van der Waals surface area contributed by atoms with Crippen molar-refractivity contribution in [2.24, 2.45) is 4.99 Å². The minimum Gasteiger partial charge on any atom is -0.490 e. The molecular weight excluding hydrogens is 332 g/mol. The van der Waals surface area contributed by atoms with Crippen LogP contribution in [0.1, 0.15) is 5.56 Å². The summed E-state index contributed by atoms with van der Waals surface area (Å²) in [6.07, 6.45) is 1.78. The van der Waals surface area contributed by atoms with Crippen LogP contribution < -0.4 is 20.1 Å². The molecule has 0 amide bonds. The van der Waals surface area contributed by atoms with Gasteiger partial charge in [0.25, 0.3) is 0 Å². The summed E-state index contributed by atoms with van der Waals surface area (Å²) >= 11 is 0. The third-order valence-electron chi connectivity index (χ3n) is 3.43. The van der Waals surface area contributed by atoms with Crippen LogP contribution in [0.2, 0.25) is 0 Å². The Balaban J connectivity index is 1.67. The zero-order chi connectivity index (χ0) is 18.5. The Morgan fingerprint density at radius 2 is 1.81 bits per heavy atom. The predicted octanol–water partition coefficient (Wildman–Crippen LogP) is 1.85. The van der Waals surface area contributed by atoms with Gasteiger partial charge in [-0.3, -0.25) is 4.99 Å². The number of nitrogens with one attached hydrogen (secondary N) is 2. The van der Waals surface area contributed by atoms with Crippen LogP contribution in [-0.2, 0) is 11.3 Å². The third kappa shape index (κ3) is 7.40. The van der Waals surface area contributed by atoms with Gasteiger partial charge in [-0.25, -0.2) is 4.98 Å². The number of hydrogen-bond donors (Lipinski definition) is 2. The molecule has 0 unspecified atom stereocenters. The fourth-order valence-corrected chi connectivity index (χ4v) is 2.10. The molecule has 0 aliphatic heterocycles. The van der Waals surface area contributed by atoms with E-state index >= 15 is 0 Å². The SMILES string of the molecule is CN=C(NCCOC)NCc1ccc(OCCOc2ccccc2)nc1. The van der Waals surface area contributed by atoms with Crippen LogP contribution in [0.15, 0.2) is 53.7 Å². The fraction of sp³-hybridized carbons (Fsp3) is 0.368. The van der Waals surface area contributed by atoms with Gasteiger partial charge in [-0.05, 0) is 17.7 Å². The number of benzene rings is 1. The molecule has 26 heavy (non-hydrogen) atoms. The van der Waals surface area contributed by atoms with Crippen molar-refractivity contribution in [3.63, 3.8) is 0 Å². The molecule has 7 heteroatoms. The summed E-state index contributed by atoms with van der Waals surface area (Å²) in [5, 5.41) is 6.37. The van der Waals surface area contributed by atoms with E-state index in [1.54, 1.807) is 20.4 Å². The molecule has 0 atom stereocenters. The topological polar surface area (TPSA) is 77.0 Å². The molecule has 7 nitrogen and oxygen atoms in total. The normalized spacial score (nSPS) is 11.1. The lowest BCUT2D eigenvalue weighted by Gasteiger charge is -2.12. The van der Waals surface area contributed by atoms with Crippen molar-refractivity contribution in [1.29, 1.82) is 0 Å². The number of aliphatic imine (C=N–C) groups is 1. The highest BCUT2D eigenvalue weighted by molar-refractivity contribution is 5.79. The highest BCUT2D eigenvalue weighted by Crippen LogP contribution is 2.09. The van der Waals surface area contributed by atoms with Crippen molar-refractivity contribution in [2.45, 2.75) is 6.54 Å². The second kappa shape index (κ2) is 11.7. The molecule has 1 aromatic heterocycles. The Bertz CT molecular complexity index is 648. The number of hydrogen-bond acceptors (Lipinski definition) is 5. The van der Waals surface area contributed by atoms with Gasteiger partial charge >= 0.3 is 0 Å². The number of ether oxygens (including phenoxy) is 3. The first-order valence-corrected chi connectivity index (χ1v) is 8.51. The molecule has 2 aromatic rings. The maximum atomic E-state index is 5.59. The summed E-state index contributed by atoms with van der Waals surface area (Å²) in [5.41, 5.74) is 1.03. The number of nitrogens with zero attached hydrogens (tertiary/aromatic N) is 2. The van der Waals surface area contributed by atoms with E-state index in [1.165, 1.54) is 0 Å². The Kier molecular flexibility index (Phi) is 8.79. The summed E-state index contributed by atoms with van der Waals surface area (Å²) in [7, 11) is 3.40. The van der Waals surface area contributed by atoms with E-state index in [2.05, 4.69) is 20.6 Å². The van der Waals surface area contributed by atoms with Gasteiger partial charge in [-0.15, -0.1) is 0 Å². The van der Waals surface area contributed by atoms with E-state index in [0.29, 0.717) is 38.8 Å². The number of methoxy groups -OCH3 is 1. The first kappa shape index (κ1) is 19.5. The Morgan fingerprint density at radius 1 is 1.00 bits per heavy atom. The van der Waals surface area contributed by atoms with Crippen LogP contribution in [0.4, 0.5) is 0 Å². The monoisotopic (exact) mass is 358 g/mol. The van der Waals surface area contributed by atoms with Crippen molar-refractivity contribution in [3.05, 3.63) is 54.2 Å². The van der Waals surface area contributed by atoms with Crippen LogP contribution in [-0.4, -0.2) is 51.5 Å². The van der Waals surface area contributed by atoms with E-state index < -0.39 is 0 Å². The Morgan fingerprint density at radius 3 is 2.50 bits per heavy atom. The van der Waals surface area contributed by atoms with Crippen LogP contribution >= 0.6 is 0 Å². The van der Waals surface area contributed by atoms with Gasteiger partial charge in [-0.2, -0.15) is 0 Å². The second-order valence-electron chi connectivity index (χ2n) is 5.36. The number of aromatic nitrogens is 1. The average molecular weight is 358 g/mol. The zero-order valence-corrected chi connectivity index (χ0v) is 15.3. The lowest BCUT2D eigenvalue weighted by atomic mass is 10.3. The molecule has 2 N–H and O–H groups in total.